The van der Waals surface area contributed by atoms with Crippen molar-refractivity contribution in [2.75, 3.05) is 14.2 Å². The Balaban J connectivity index is 2.84. The number of benzene rings is 1. The molecule has 5 heteroatoms. The largest absolute Gasteiger partial charge is 0.468 e. The minimum absolute atomic E-state index is 0.246. The summed E-state index contributed by atoms with van der Waals surface area (Å²) < 4.78 is 9.18. The van der Waals surface area contributed by atoms with Gasteiger partial charge in [-0.05, 0) is 31.0 Å². The third kappa shape index (κ3) is 3.91. The molecule has 0 aliphatic heterocycles. The van der Waals surface area contributed by atoms with Crippen molar-refractivity contribution in [3.63, 3.8) is 0 Å². The Kier molecular flexibility index (Phi) is 5.23. The van der Waals surface area contributed by atoms with Gasteiger partial charge in [-0.3, -0.25) is 9.59 Å². The number of ether oxygens (including phenoxy) is 2. The standard InChI is InChI=1S/C14H16O5/c1-9(15)12(14(17)19-3)8-10-4-6-11(7-5-10)13(16)18-2/h4-7,12H,8H2,1-3H3. The molecule has 0 aliphatic carbocycles. The van der Waals surface area contributed by atoms with E-state index in [1.165, 1.54) is 21.1 Å². The maximum Gasteiger partial charge on any atom is 0.337 e. The second kappa shape index (κ2) is 6.68. The van der Waals surface area contributed by atoms with Crippen molar-refractivity contribution in [1.82, 2.24) is 0 Å². The first-order chi connectivity index (χ1) is 8.99. The summed E-state index contributed by atoms with van der Waals surface area (Å²) in [6.45, 7) is 1.35. The highest BCUT2D eigenvalue weighted by Crippen LogP contribution is 2.13. The maximum atomic E-state index is 11.5. The molecule has 0 spiro atoms. The highest BCUT2D eigenvalue weighted by atomic mass is 16.5. The number of hydrogen-bond donors (Lipinski definition) is 0. The average Bonchev–Trinajstić information content (AvgIpc) is 2.43. The predicted molar refractivity (Wildman–Crippen MR) is 67.7 cm³/mol. The zero-order chi connectivity index (χ0) is 14.4. The van der Waals surface area contributed by atoms with Gasteiger partial charge in [-0.25, -0.2) is 4.79 Å². The van der Waals surface area contributed by atoms with Crippen LogP contribution in [0.3, 0.4) is 0 Å². The molecular weight excluding hydrogens is 248 g/mol. The number of methoxy groups -OCH3 is 2. The van der Waals surface area contributed by atoms with Gasteiger partial charge in [0.15, 0.2) is 0 Å². The molecule has 0 N–H and O–H groups in total. The van der Waals surface area contributed by atoms with Crippen molar-refractivity contribution in [2.24, 2.45) is 5.92 Å². The Morgan fingerprint density at radius 2 is 1.63 bits per heavy atom. The molecule has 0 radical (unpaired) electrons. The van der Waals surface area contributed by atoms with Crippen molar-refractivity contribution in [3.8, 4) is 0 Å². The summed E-state index contributed by atoms with van der Waals surface area (Å²) in [5.74, 6) is -2.04. The van der Waals surface area contributed by atoms with Gasteiger partial charge in [-0.15, -0.1) is 0 Å². The van der Waals surface area contributed by atoms with Gasteiger partial charge in [0.05, 0.1) is 19.8 Å². The van der Waals surface area contributed by atoms with E-state index in [9.17, 15) is 14.4 Å². The quantitative estimate of drug-likeness (QED) is 0.594. The molecule has 1 aromatic rings. The molecular formula is C14H16O5. The van der Waals surface area contributed by atoms with E-state index in [2.05, 4.69) is 9.47 Å². The summed E-state index contributed by atoms with van der Waals surface area (Å²) in [6, 6.07) is 6.56. The fourth-order valence-corrected chi connectivity index (χ4v) is 1.67. The minimum atomic E-state index is -0.811. The van der Waals surface area contributed by atoms with Gasteiger partial charge < -0.3 is 9.47 Å². The number of carbonyl (C=O) groups excluding carboxylic acids is 3. The van der Waals surface area contributed by atoms with Crippen molar-refractivity contribution in [2.45, 2.75) is 13.3 Å². The Bertz CT molecular complexity index is 475. The fourth-order valence-electron chi connectivity index (χ4n) is 1.67. The number of rotatable bonds is 5. The van der Waals surface area contributed by atoms with E-state index >= 15 is 0 Å². The first-order valence-electron chi connectivity index (χ1n) is 5.75. The normalized spacial score (nSPS) is 11.5. The summed E-state index contributed by atoms with van der Waals surface area (Å²) in [5, 5.41) is 0. The molecule has 0 aliphatic rings. The summed E-state index contributed by atoms with van der Waals surface area (Å²) in [6.07, 6.45) is 0.253. The molecule has 0 bridgehead atoms. The number of ketones is 1. The van der Waals surface area contributed by atoms with Crippen LogP contribution in [0, 0.1) is 5.92 Å². The molecule has 1 unspecified atom stereocenters. The summed E-state index contributed by atoms with van der Waals surface area (Å²) >= 11 is 0. The van der Waals surface area contributed by atoms with Crippen LogP contribution < -0.4 is 0 Å². The summed E-state index contributed by atoms with van der Waals surface area (Å²) in [5.41, 5.74) is 1.20. The van der Waals surface area contributed by atoms with Crippen LogP contribution in [0.1, 0.15) is 22.8 Å². The van der Waals surface area contributed by atoms with Crippen LogP contribution in [0.5, 0.6) is 0 Å². The Morgan fingerprint density at radius 3 is 2.05 bits per heavy atom. The average molecular weight is 264 g/mol. The molecule has 0 aromatic heterocycles. The summed E-state index contributed by atoms with van der Waals surface area (Å²) in [4.78, 5) is 34.1. The van der Waals surface area contributed by atoms with E-state index in [0.717, 1.165) is 5.56 Å². The lowest BCUT2D eigenvalue weighted by atomic mass is 9.95. The predicted octanol–water partition coefficient (Wildman–Crippen LogP) is 1.39. The van der Waals surface area contributed by atoms with Crippen LogP contribution in [0.25, 0.3) is 0 Å². The monoisotopic (exact) mass is 264 g/mol. The smallest absolute Gasteiger partial charge is 0.337 e. The second-order valence-corrected chi connectivity index (χ2v) is 4.08. The lowest BCUT2D eigenvalue weighted by molar-refractivity contribution is -0.148. The first kappa shape index (κ1) is 14.9. The first-order valence-corrected chi connectivity index (χ1v) is 5.75. The molecule has 1 rings (SSSR count). The van der Waals surface area contributed by atoms with Gasteiger partial charge >= 0.3 is 11.9 Å². The van der Waals surface area contributed by atoms with E-state index in [-0.39, 0.29) is 12.2 Å². The Labute approximate surface area is 111 Å². The van der Waals surface area contributed by atoms with Crippen molar-refractivity contribution in [3.05, 3.63) is 35.4 Å². The van der Waals surface area contributed by atoms with E-state index in [0.29, 0.717) is 5.56 Å². The van der Waals surface area contributed by atoms with Gasteiger partial charge in [0.25, 0.3) is 0 Å². The molecule has 0 fully saturated rings. The number of esters is 2. The van der Waals surface area contributed by atoms with Crippen LogP contribution in [-0.4, -0.2) is 31.9 Å². The Morgan fingerprint density at radius 1 is 1.05 bits per heavy atom. The molecule has 102 valence electrons. The van der Waals surface area contributed by atoms with Gasteiger partial charge in [0.2, 0.25) is 0 Å². The fraction of sp³-hybridized carbons (Fsp3) is 0.357. The lowest BCUT2D eigenvalue weighted by Crippen LogP contribution is -2.25. The minimum Gasteiger partial charge on any atom is -0.468 e. The summed E-state index contributed by atoms with van der Waals surface area (Å²) in [7, 11) is 2.55. The highest BCUT2D eigenvalue weighted by molar-refractivity contribution is 5.98. The number of Topliss-reactive ketones (excluding diaryl/α,β-unsaturated/α-hetero) is 1. The van der Waals surface area contributed by atoms with E-state index in [1.54, 1.807) is 24.3 Å². The molecule has 19 heavy (non-hydrogen) atoms. The molecule has 0 heterocycles. The third-order valence-corrected chi connectivity index (χ3v) is 2.79. The SMILES string of the molecule is COC(=O)c1ccc(CC(C(C)=O)C(=O)OC)cc1. The van der Waals surface area contributed by atoms with Gasteiger partial charge in [-0.2, -0.15) is 0 Å². The molecule has 1 atom stereocenters. The molecule has 5 nitrogen and oxygen atoms in total. The van der Waals surface area contributed by atoms with Crippen LogP contribution in [0.4, 0.5) is 0 Å². The van der Waals surface area contributed by atoms with Crippen molar-refractivity contribution >= 4 is 17.7 Å². The number of carbonyl (C=O) groups is 3. The molecule has 0 saturated heterocycles. The van der Waals surface area contributed by atoms with Gasteiger partial charge in [0, 0.05) is 0 Å². The lowest BCUT2D eigenvalue weighted by Gasteiger charge is -2.11. The molecule has 1 aromatic carbocycles. The second-order valence-electron chi connectivity index (χ2n) is 4.08. The number of hydrogen-bond acceptors (Lipinski definition) is 5. The van der Waals surface area contributed by atoms with Gasteiger partial charge in [-0.1, -0.05) is 12.1 Å². The maximum absolute atomic E-state index is 11.5. The van der Waals surface area contributed by atoms with Crippen LogP contribution in [-0.2, 0) is 25.5 Å². The van der Waals surface area contributed by atoms with E-state index in [4.69, 9.17) is 0 Å². The Hall–Kier alpha value is -2.17. The van der Waals surface area contributed by atoms with Crippen molar-refractivity contribution < 1.29 is 23.9 Å². The topological polar surface area (TPSA) is 69.7 Å². The van der Waals surface area contributed by atoms with Crippen LogP contribution in [0.15, 0.2) is 24.3 Å². The third-order valence-electron chi connectivity index (χ3n) is 2.79. The highest BCUT2D eigenvalue weighted by Gasteiger charge is 2.24. The van der Waals surface area contributed by atoms with Crippen molar-refractivity contribution in [1.29, 1.82) is 0 Å². The van der Waals surface area contributed by atoms with Crippen LogP contribution >= 0.6 is 0 Å². The molecule has 0 amide bonds. The zero-order valence-corrected chi connectivity index (χ0v) is 11.1. The van der Waals surface area contributed by atoms with E-state index in [1.807, 2.05) is 0 Å². The van der Waals surface area contributed by atoms with E-state index < -0.39 is 17.9 Å². The zero-order valence-electron chi connectivity index (χ0n) is 11.1. The van der Waals surface area contributed by atoms with Gasteiger partial charge in [0.1, 0.15) is 11.7 Å². The molecule has 0 saturated carbocycles. The van der Waals surface area contributed by atoms with Crippen LogP contribution in [0.2, 0.25) is 0 Å².